The van der Waals surface area contributed by atoms with E-state index in [1.807, 2.05) is 0 Å². The van der Waals surface area contributed by atoms with Crippen LogP contribution in [0.2, 0.25) is 0 Å². The maximum absolute atomic E-state index is 12.4. The molecule has 13 heavy (non-hydrogen) atoms. The highest BCUT2D eigenvalue weighted by Gasteiger charge is 2.41. The second kappa shape index (κ2) is 3.83. The van der Waals surface area contributed by atoms with E-state index < -0.39 is 12.1 Å². The van der Waals surface area contributed by atoms with Gasteiger partial charge in [0.05, 0.1) is 6.26 Å². The van der Waals surface area contributed by atoms with E-state index in [0.29, 0.717) is 0 Å². The SMILES string of the molecule is CNCC(c1ccco1)C(F)(F)F. The molecule has 0 saturated heterocycles. The fourth-order valence-electron chi connectivity index (χ4n) is 1.07. The minimum absolute atomic E-state index is 0.0538. The van der Waals surface area contributed by atoms with E-state index in [2.05, 4.69) is 5.32 Å². The van der Waals surface area contributed by atoms with Crippen molar-refractivity contribution in [3.05, 3.63) is 24.2 Å². The van der Waals surface area contributed by atoms with Gasteiger partial charge in [0.15, 0.2) is 0 Å². The lowest BCUT2D eigenvalue weighted by Gasteiger charge is -2.17. The summed E-state index contributed by atoms with van der Waals surface area (Å²) >= 11 is 0. The summed E-state index contributed by atoms with van der Waals surface area (Å²) in [5.74, 6) is -1.62. The van der Waals surface area contributed by atoms with Crippen LogP contribution in [-0.2, 0) is 0 Å². The van der Waals surface area contributed by atoms with E-state index in [4.69, 9.17) is 4.42 Å². The van der Waals surface area contributed by atoms with Gasteiger partial charge in [0, 0.05) is 6.54 Å². The van der Waals surface area contributed by atoms with Crippen molar-refractivity contribution in [3.8, 4) is 0 Å². The maximum atomic E-state index is 12.4. The van der Waals surface area contributed by atoms with Crippen molar-refractivity contribution in [2.24, 2.45) is 0 Å². The minimum Gasteiger partial charge on any atom is -0.469 e. The second-order valence-electron chi connectivity index (χ2n) is 2.67. The van der Waals surface area contributed by atoms with E-state index in [-0.39, 0.29) is 12.3 Å². The van der Waals surface area contributed by atoms with Crippen LogP contribution in [0.25, 0.3) is 0 Å². The molecule has 1 N–H and O–H groups in total. The molecule has 0 aliphatic heterocycles. The Hall–Kier alpha value is -0.970. The van der Waals surface area contributed by atoms with Gasteiger partial charge in [0.2, 0.25) is 0 Å². The number of likely N-dealkylation sites (N-methyl/N-ethyl adjacent to an activating group) is 1. The molecule has 0 spiro atoms. The van der Waals surface area contributed by atoms with E-state index in [0.717, 1.165) is 0 Å². The van der Waals surface area contributed by atoms with Crippen LogP contribution in [0.3, 0.4) is 0 Å². The number of hydrogen-bond acceptors (Lipinski definition) is 2. The lowest BCUT2D eigenvalue weighted by Crippen LogP contribution is -2.29. The number of hydrogen-bond donors (Lipinski definition) is 1. The Morgan fingerprint density at radius 3 is 2.62 bits per heavy atom. The van der Waals surface area contributed by atoms with Crippen molar-refractivity contribution in [1.82, 2.24) is 5.32 Å². The van der Waals surface area contributed by atoms with Crippen molar-refractivity contribution in [2.75, 3.05) is 13.6 Å². The summed E-state index contributed by atoms with van der Waals surface area (Å²) in [6.07, 6.45) is -3.02. The molecule has 1 unspecified atom stereocenters. The van der Waals surface area contributed by atoms with Crippen molar-refractivity contribution in [2.45, 2.75) is 12.1 Å². The third kappa shape index (κ3) is 2.48. The summed E-state index contributed by atoms with van der Waals surface area (Å²) in [6, 6.07) is 2.78. The second-order valence-corrected chi connectivity index (χ2v) is 2.67. The number of alkyl halides is 3. The van der Waals surface area contributed by atoms with Crippen molar-refractivity contribution >= 4 is 0 Å². The van der Waals surface area contributed by atoms with Crippen molar-refractivity contribution in [1.29, 1.82) is 0 Å². The zero-order chi connectivity index (χ0) is 9.90. The third-order valence-electron chi connectivity index (χ3n) is 1.69. The van der Waals surface area contributed by atoms with Crippen LogP contribution >= 0.6 is 0 Å². The standard InChI is InChI=1S/C8H10F3NO/c1-12-5-6(8(9,10)11)7-3-2-4-13-7/h2-4,6,12H,5H2,1H3. The maximum Gasteiger partial charge on any atom is 0.399 e. The van der Waals surface area contributed by atoms with Crippen LogP contribution < -0.4 is 5.32 Å². The summed E-state index contributed by atoms with van der Waals surface area (Å²) in [4.78, 5) is 0. The van der Waals surface area contributed by atoms with Crippen LogP contribution in [-0.4, -0.2) is 19.8 Å². The Labute approximate surface area is 73.7 Å². The topological polar surface area (TPSA) is 25.2 Å². The highest BCUT2D eigenvalue weighted by atomic mass is 19.4. The lowest BCUT2D eigenvalue weighted by atomic mass is 10.1. The van der Waals surface area contributed by atoms with Gasteiger partial charge in [-0.15, -0.1) is 0 Å². The van der Waals surface area contributed by atoms with Crippen LogP contribution in [0.15, 0.2) is 22.8 Å². The lowest BCUT2D eigenvalue weighted by molar-refractivity contribution is -0.152. The molecule has 1 atom stereocenters. The van der Waals surface area contributed by atoms with E-state index in [1.165, 1.54) is 25.4 Å². The number of furan rings is 1. The first-order valence-electron chi connectivity index (χ1n) is 3.80. The molecule has 0 amide bonds. The fourth-order valence-corrected chi connectivity index (χ4v) is 1.07. The van der Waals surface area contributed by atoms with Gasteiger partial charge in [-0.3, -0.25) is 0 Å². The largest absolute Gasteiger partial charge is 0.469 e. The van der Waals surface area contributed by atoms with Crippen LogP contribution in [0.4, 0.5) is 13.2 Å². The molecule has 1 aromatic rings. The van der Waals surface area contributed by atoms with Gasteiger partial charge in [-0.2, -0.15) is 13.2 Å². The first kappa shape index (κ1) is 10.1. The van der Waals surface area contributed by atoms with Crippen LogP contribution in [0, 0.1) is 0 Å². The number of halogens is 3. The van der Waals surface area contributed by atoms with Gasteiger partial charge in [-0.1, -0.05) is 0 Å². The fraction of sp³-hybridized carbons (Fsp3) is 0.500. The zero-order valence-electron chi connectivity index (χ0n) is 7.06. The third-order valence-corrected chi connectivity index (χ3v) is 1.69. The van der Waals surface area contributed by atoms with Gasteiger partial charge >= 0.3 is 6.18 Å². The summed E-state index contributed by atoms with van der Waals surface area (Å²) in [5.41, 5.74) is 0. The first-order chi connectivity index (χ1) is 6.05. The molecule has 1 heterocycles. The summed E-state index contributed by atoms with van der Waals surface area (Å²) in [6.45, 7) is -0.170. The Morgan fingerprint density at radius 1 is 1.54 bits per heavy atom. The molecular formula is C8H10F3NO. The minimum atomic E-state index is -4.26. The normalized spacial score (nSPS) is 14.5. The average Bonchev–Trinajstić information content (AvgIpc) is 2.49. The average molecular weight is 193 g/mol. The molecule has 0 aliphatic rings. The molecule has 1 aromatic heterocycles. The molecule has 0 radical (unpaired) electrons. The predicted octanol–water partition coefficient (Wildman–Crippen LogP) is 2.14. The molecular weight excluding hydrogens is 183 g/mol. The smallest absolute Gasteiger partial charge is 0.399 e. The Morgan fingerprint density at radius 2 is 2.23 bits per heavy atom. The van der Waals surface area contributed by atoms with Gasteiger partial charge in [0.25, 0.3) is 0 Å². The van der Waals surface area contributed by atoms with Crippen molar-refractivity contribution in [3.63, 3.8) is 0 Å². The Bertz CT molecular complexity index is 242. The van der Waals surface area contributed by atoms with Crippen LogP contribution in [0.5, 0.6) is 0 Å². The van der Waals surface area contributed by atoms with E-state index in [1.54, 1.807) is 0 Å². The first-order valence-corrected chi connectivity index (χ1v) is 3.80. The predicted molar refractivity (Wildman–Crippen MR) is 41.4 cm³/mol. The molecule has 0 fully saturated rings. The van der Waals surface area contributed by atoms with Gasteiger partial charge < -0.3 is 9.73 Å². The number of nitrogens with one attached hydrogen (secondary N) is 1. The molecule has 0 bridgehead atoms. The van der Waals surface area contributed by atoms with Gasteiger partial charge in [0.1, 0.15) is 11.7 Å². The van der Waals surface area contributed by atoms with E-state index in [9.17, 15) is 13.2 Å². The molecule has 2 nitrogen and oxygen atoms in total. The number of rotatable bonds is 3. The molecule has 74 valence electrons. The summed E-state index contributed by atoms with van der Waals surface area (Å²) < 4.78 is 41.8. The highest BCUT2D eigenvalue weighted by Crippen LogP contribution is 2.34. The Balaban J connectivity index is 2.81. The summed E-state index contributed by atoms with van der Waals surface area (Å²) in [5, 5.41) is 2.48. The molecule has 0 aliphatic carbocycles. The van der Waals surface area contributed by atoms with Gasteiger partial charge in [-0.05, 0) is 19.2 Å². The molecule has 5 heteroatoms. The molecule has 1 rings (SSSR count). The van der Waals surface area contributed by atoms with Crippen molar-refractivity contribution < 1.29 is 17.6 Å². The van der Waals surface area contributed by atoms with Gasteiger partial charge in [-0.25, -0.2) is 0 Å². The molecule has 0 aromatic carbocycles. The monoisotopic (exact) mass is 193 g/mol. The summed E-state index contributed by atoms with van der Waals surface area (Å²) in [7, 11) is 1.47. The highest BCUT2D eigenvalue weighted by molar-refractivity contribution is 5.08. The molecule has 0 saturated carbocycles. The zero-order valence-corrected chi connectivity index (χ0v) is 7.06. The van der Waals surface area contributed by atoms with Crippen LogP contribution in [0.1, 0.15) is 11.7 Å². The Kier molecular flexibility index (Phi) is 2.98. The quantitative estimate of drug-likeness (QED) is 0.795. The van der Waals surface area contributed by atoms with E-state index >= 15 is 0 Å².